The molecular formula is C21H30F3N3O3S. The molecule has 10 heteroatoms. The second kappa shape index (κ2) is 8.37. The first-order valence-electron chi connectivity index (χ1n) is 10.4. The van der Waals surface area contributed by atoms with Crippen LogP contribution in [0, 0.1) is 17.3 Å². The molecule has 1 amide bonds. The van der Waals surface area contributed by atoms with Gasteiger partial charge in [-0.15, -0.1) is 0 Å². The minimum absolute atomic E-state index is 0.0599. The molecule has 0 aromatic heterocycles. The summed E-state index contributed by atoms with van der Waals surface area (Å²) < 4.78 is 66.2. The van der Waals surface area contributed by atoms with Gasteiger partial charge in [0.1, 0.15) is 0 Å². The first kappa shape index (κ1) is 24.0. The van der Waals surface area contributed by atoms with Crippen molar-refractivity contribution in [1.82, 2.24) is 9.62 Å². The predicted molar refractivity (Wildman–Crippen MR) is 110 cm³/mol. The number of amides is 1. The lowest BCUT2D eigenvalue weighted by molar-refractivity contribution is -0.137. The Kier molecular flexibility index (Phi) is 6.48. The van der Waals surface area contributed by atoms with Gasteiger partial charge in [-0.2, -0.15) is 17.5 Å². The molecule has 2 fully saturated rings. The quantitative estimate of drug-likeness (QED) is 0.705. The number of alkyl halides is 3. The maximum Gasteiger partial charge on any atom is 0.416 e. The molecule has 1 aromatic carbocycles. The van der Waals surface area contributed by atoms with E-state index < -0.39 is 27.8 Å². The lowest BCUT2D eigenvalue weighted by atomic mass is 9.88. The molecule has 3 N–H and O–H groups in total. The molecule has 4 atom stereocenters. The Morgan fingerprint density at radius 1 is 1.23 bits per heavy atom. The van der Waals surface area contributed by atoms with Crippen LogP contribution in [0.15, 0.2) is 29.2 Å². The van der Waals surface area contributed by atoms with Crippen LogP contribution in [0.3, 0.4) is 0 Å². The van der Waals surface area contributed by atoms with Crippen LogP contribution in [0.4, 0.5) is 13.2 Å². The Balaban J connectivity index is 1.70. The number of benzene rings is 1. The van der Waals surface area contributed by atoms with E-state index in [0.29, 0.717) is 12.5 Å². The van der Waals surface area contributed by atoms with Gasteiger partial charge in [-0.05, 0) is 54.7 Å². The van der Waals surface area contributed by atoms with Crippen LogP contribution in [0.2, 0.25) is 0 Å². The molecule has 0 bridgehead atoms. The van der Waals surface area contributed by atoms with Gasteiger partial charge in [-0.3, -0.25) is 4.79 Å². The standard InChI is InChI=1S/C21H30F3N3O3S/c1-20(2,3)10-17(25)19(28)26-18-8-7-13-11-27(12-16(13)18)31(29,30)15-6-4-5-14(9-15)21(22,23)24/h4-6,9,13,16-18H,7-8,10-12,25H2,1-3H3,(H,26,28). The third-order valence-corrected chi connectivity index (χ3v) is 7.95. The number of halogens is 3. The fourth-order valence-corrected chi connectivity index (χ4v) is 6.20. The zero-order valence-electron chi connectivity index (χ0n) is 17.9. The van der Waals surface area contributed by atoms with Crippen LogP contribution in [0.5, 0.6) is 0 Å². The molecule has 2 aliphatic rings. The molecule has 4 unspecified atom stereocenters. The number of carbonyl (C=O) groups excluding carboxylic acids is 1. The van der Waals surface area contributed by atoms with E-state index in [1.807, 2.05) is 20.8 Å². The fourth-order valence-electron chi connectivity index (χ4n) is 4.62. The van der Waals surface area contributed by atoms with E-state index in [2.05, 4.69) is 5.32 Å². The highest BCUT2D eigenvalue weighted by atomic mass is 32.2. The highest BCUT2D eigenvalue weighted by Crippen LogP contribution is 2.41. The van der Waals surface area contributed by atoms with Gasteiger partial charge in [0.15, 0.2) is 0 Å². The Labute approximate surface area is 181 Å². The van der Waals surface area contributed by atoms with E-state index in [4.69, 9.17) is 5.73 Å². The van der Waals surface area contributed by atoms with Gasteiger partial charge in [-0.1, -0.05) is 26.8 Å². The molecular weight excluding hydrogens is 431 g/mol. The van der Waals surface area contributed by atoms with E-state index in [1.165, 1.54) is 10.4 Å². The molecule has 3 rings (SSSR count). The largest absolute Gasteiger partial charge is 0.416 e. The second-order valence-electron chi connectivity index (χ2n) is 9.84. The maximum absolute atomic E-state index is 13.0. The summed E-state index contributed by atoms with van der Waals surface area (Å²) in [5.41, 5.74) is 4.94. The Morgan fingerprint density at radius 2 is 1.90 bits per heavy atom. The summed E-state index contributed by atoms with van der Waals surface area (Å²) in [6.45, 7) is 6.41. The van der Waals surface area contributed by atoms with Crippen molar-refractivity contribution in [3.63, 3.8) is 0 Å². The van der Waals surface area contributed by atoms with Crippen LogP contribution in [-0.2, 0) is 21.0 Å². The SMILES string of the molecule is CC(C)(C)CC(N)C(=O)NC1CCC2CN(S(=O)(=O)c3cccc(C(F)(F)F)c3)CC21. The highest BCUT2D eigenvalue weighted by molar-refractivity contribution is 7.89. The molecule has 31 heavy (non-hydrogen) atoms. The van der Waals surface area contributed by atoms with E-state index >= 15 is 0 Å². The number of fused-ring (bicyclic) bond motifs is 1. The minimum Gasteiger partial charge on any atom is -0.352 e. The van der Waals surface area contributed by atoms with Crippen LogP contribution in [0.25, 0.3) is 0 Å². The molecule has 174 valence electrons. The second-order valence-corrected chi connectivity index (χ2v) is 11.8. The van der Waals surface area contributed by atoms with Gasteiger partial charge < -0.3 is 11.1 Å². The van der Waals surface area contributed by atoms with Crippen molar-refractivity contribution in [3.05, 3.63) is 29.8 Å². The van der Waals surface area contributed by atoms with Gasteiger partial charge >= 0.3 is 6.18 Å². The number of nitrogens with two attached hydrogens (primary N) is 1. The van der Waals surface area contributed by atoms with Crippen LogP contribution >= 0.6 is 0 Å². The topological polar surface area (TPSA) is 92.5 Å². The number of hydrogen-bond donors (Lipinski definition) is 2. The molecule has 0 radical (unpaired) electrons. The Morgan fingerprint density at radius 3 is 2.52 bits per heavy atom. The lowest BCUT2D eigenvalue weighted by Crippen LogP contribution is -2.48. The average molecular weight is 462 g/mol. The molecule has 1 heterocycles. The number of carbonyl (C=O) groups is 1. The van der Waals surface area contributed by atoms with E-state index in [0.717, 1.165) is 25.0 Å². The monoisotopic (exact) mass is 461 g/mol. The summed E-state index contributed by atoms with van der Waals surface area (Å²) >= 11 is 0. The molecule has 1 aromatic rings. The van der Waals surface area contributed by atoms with Gasteiger partial charge in [0.25, 0.3) is 0 Å². The minimum atomic E-state index is -4.62. The van der Waals surface area contributed by atoms with Crippen molar-refractivity contribution < 1.29 is 26.4 Å². The first-order chi connectivity index (χ1) is 14.2. The zero-order valence-corrected chi connectivity index (χ0v) is 18.8. The summed E-state index contributed by atoms with van der Waals surface area (Å²) in [5.74, 6) is -0.268. The number of nitrogens with one attached hydrogen (secondary N) is 1. The van der Waals surface area contributed by atoms with Gasteiger partial charge in [-0.25, -0.2) is 8.42 Å². The maximum atomic E-state index is 13.0. The predicted octanol–water partition coefficient (Wildman–Crippen LogP) is 2.98. The van der Waals surface area contributed by atoms with Gasteiger partial charge in [0.2, 0.25) is 15.9 Å². The molecule has 6 nitrogen and oxygen atoms in total. The van der Waals surface area contributed by atoms with Crippen LogP contribution in [0.1, 0.15) is 45.6 Å². The summed E-state index contributed by atoms with van der Waals surface area (Å²) in [6.07, 6.45) is -2.61. The van der Waals surface area contributed by atoms with E-state index in [9.17, 15) is 26.4 Å². The molecule has 1 saturated heterocycles. The molecule has 1 aliphatic carbocycles. The van der Waals surface area contributed by atoms with Crippen molar-refractivity contribution in [1.29, 1.82) is 0 Å². The van der Waals surface area contributed by atoms with Crippen molar-refractivity contribution in [2.45, 2.75) is 63.2 Å². The number of rotatable bonds is 5. The zero-order chi connectivity index (χ0) is 23.2. The summed E-state index contributed by atoms with van der Waals surface area (Å²) in [4.78, 5) is 12.2. The highest BCUT2D eigenvalue weighted by Gasteiger charge is 2.47. The third-order valence-electron chi connectivity index (χ3n) is 6.12. The fraction of sp³-hybridized carbons (Fsp3) is 0.667. The molecule has 0 spiro atoms. The van der Waals surface area contributed by atoms with Crippen molar-refractivity contribution in [3.8, 4) is 0 Å². The van der Waals surface area contributed by atoms with Gasteiger partial charge in [0, 0.05) is 19.1 Å². The third kappa shape index (κ3) is 5.40. The van der Waals surface area contributed by atoms with E-state index in [-0.39, 0.29) is 47.2 Å². The smallest absolute Gasteiger partial charge is 0.352 e. The Bertz CT molecular complexity index is 928. The lowest BCUT2D eigenvalue weighted by Gasteiger charge is -2.26. The summed E-state index contributed by atoms with van der Waals surface area (Å²) in [7, 11) is -4.06. The number of nitrogens with zero attached hydrogens (tertiary/aromatic N) is 1. The Hall–Kier alpha value is -1.65. The van der Waals surface area contributed by atoms with Crippen molar-refractivity contribution in [2.24, 2.45) is 23.0 Å². The van der Waals surface area contributed by atoms with Crippen LogP contribution in [-0.4, -0.2) is 43.8 Å². The van der Waals surface area contributed by atoms with Gasteiger partial charge in [0.05, 0.1) is 16.5 Å². The van der Waals surface area contributed by atoms with Crippen molar-refractivity contribution >= 4 is 15.9 Å². The van der Waals surface area contributed by atoms with E-state index in [1.54, 1.807) is 0 Å². The normalized spacial score (nSPS) is 26.0. The number of hydrogen-bond acceptors (Lipinski definition) is 4. The summed E-state index contributed by atoms with van der Waals surface area (Å²) in [5, 5.41) is 2.98. The molecule has 1 aliphatic heterocycles. The summed E-state index contributed by atoms with van der Waals surface area (Å²) in [6, 6.07) is 2.98. The van der Waals surface area contributed by atoms with Crippen LogP contribution < -0.4 is 11.1 Å². The number of sulfonamides is 1. The molecule has 1 saturated carbocycles. The first-order valence-corrected chi connectivity index (χ1v) is 11.9. The van der Waals surface area contributed by atoms with Crippen molar-refractivity contribution in [2.75, 3.05) is 13.1 Å². The average Bonchev–Trinajstić information content (AvgIpc) is 3.22.